The molecule has 0 spiro atoms. The second-order valence-corrected chi connectivity index (χ2v) is 7.06. The summed E-state index contributed by atoms with van der Waals surface area (Å²) in [7, 11) is 0. The Morgan fingerprint density at radius 1 is 1.36 bits per heavy atom. The number of rotatable bonds is 4. The predicted octanol–water partition coefficient (Wildman–Crippen LogP) is 4.80. The van der Waals surface area contributed by atoms with Crippen molar-refractivity contribution in [3.63, 3.8) is 0 Å². The Kier molecular flexibility index (Phi) is 10.1. The lowest BCUT2D eigenvalue weighted by atomic mass is 9.85. The second kappa shape index (κ2) is 10.6. The molecule has 22 heavy (non-hydrogen) atoms. The Bertz CT molecular complexity index is 363. The van der Waals surface area contributed by atoms with E-state index in [4.69, 9.17) is 4.74 Å². The first-order chi connectivity index (χ1) is 10.2. The normalized spacial score (nSPS) is 22.4. The molecule has 0 bridgehead atoms. The molecule has 1 fully saturated rings. The summed E-state index contributed by atoms with van der Waals surface area (Å²) >= 11 is 0. The van der Waals surface area contributed by atoms with Crippen molar-refractivity contribution in [3.8, 4) is 0 Å². The van der Waals surface area contributed by atoms with Crippen molar-refractivity contribution in [1.29, 1.82) is 0 Å². The van der Waals surface area contributed by atoms with E-state index in [1.807, 2.05) is 20.8 Å². The van der Waals surface area contributed by atoms with E-state index in [-0.39, 0.29) is 12.1 Å². The highest BCUT2D eigenvalue weighted by Crippen LogP contribution is 2.27. The molecule has 0 aromatic heterocycles. The minimum Gasteiger partial charge on any atom is -0.457 e. The van der Waals surface area contributed by atoms with Crippen LogP contribution in [0.15, 0.2) is 24.3 Å². The standard InChI is InChI=1S/C12H22O.C7H12O2/c1-3-10(2)7-8-11-5-4-6-12(13)9-11;1-5-6(8)9-7(2,3)4/h7,11-13H,3-6,8-9H2,1-2H3;5H,1H2,2-4H3/t11-,12-;/m1./s1. The van der Waals surface area contributed by atoms with E-state index < -0.39 is 5.60 Å². The molecule has 1 saturated carbocycles. The van der Waals surface area contributed by atoms with E-state index in [9.17, 15) is 9.90 Å². The van der Waals surface area contributed by atoms with Gasteiger partial charge in [0.05, 0.1) is 6.10 Å². The van der Waals surface area contributed by atoms with Crippen LogP contribution in [0.25, 0.3) is 0 Å². The molecule has 3 nitrogen and oxygen atoms in total. The maximum Gasteiger partial charge on any atom is 0.330 e. The molecule has 0 saturated heterocycles. The monoisotopic (exact) mass is 310 g/mol. The van der Waals surface area contributed by atoms with Gasteiger partial charge in [-0.25, -0.2) is 4.79 Å². The predicted molar refractivity (Wildman–Crippen MR) is 92.7 cm³/mol. The topological polar surface area (TPSA) is 46.5 Å². The summed E-state index contributed by atoms with van der Waals surface area (Å²) in [6, 6.07) is 0. The van der Waals surface area contributed by atoms with Crippen molar-refractivity contribution in [2.24, 2.45) is 5.92 Å². The Balaban J connectivity index is 0.000000433. The molecule has 1 aliphatic rings. The summed E-state index contributed by atoms with van der Waals surface area (Å²) in [4.78, 5) is 10.5. The SMILES string of the molecule is C=CC(=O)OC(C)(C)C.CCC(C)=CC[C@H]1CCC[C@@H](O)C1. The number of hydrogen-bond donors (Lipinski definition) is 1. The fraction of sp³-hybridized carbons (Fsp3) is 0.737. The van der Waals surface area contributed by atoms with Crippen molar-refractivity contribution in [1.82, 2.24) is 0 Å². The zero-order chi connectivity index (χ0) is 17.2. The van der Waals surface area contributed by atoms with Crippen molar-refractivity contribution in [2.75, 3.05) is 0 Å². The third kappa shape index (κ3) is 11.6. The van der Waals surface area contributed by atoms with Gasteiger partial charge in [0.25, 0.3) is 0 Å². The number of esters is 1. The van der Waals surface area contributed by atoms with Crippen LogP contribution in [0.5, 0.6) is 0 Å². The van der Waals surface area contributed by atoms with Gasteiger partial charge in [-0.15, -0.1) is 0 Å². The Morgan fingerprint density at radius 3 is 2.41 bits per heavy atom. The van der Waals surface area contributed by atoms with Gasteiger partial charge in [-0.3, -0.25) is 0 Å². The third-order valence-electron chi connectivity index (χ3n) is 3.69. The van der Waals surface area contributed by atoms with Crippen molar-refractivity contribution >= 4 is 5.97 Å². The van der Waals surface area contributed by atoms with Crippen molar-refractivity contribution < 1.29 is 14.6 Å². The van der Waals surface area contributed by atoms with Gasteiger partial charge in [-0.05, 0) is 65.7 Å². The molecule has 0 aromatic carbocycles. The van der Waals surface area contributed by atoms with Gasteiger partial charge < -0.3 is 9.84 Å². The Morgan fingerprint density at radius 2 is 2.00 bits per heavy atom. The van der Waals surface area contributed by atoms with E-state index in [2.05, 4.69) is 26.5 Å². The quantitative estimate of drug-likeness (QED) is 0.461. The summed E-state index contributed by atoms with van der Waals surface area (Å²) in [6.07, 6.45) is 10.4. The van der Waals surface area contributed by atoms with Crippen LogP contribution in [0.1, 0.15) is 73.1 Å². The molecule has 0 radical (unpaired) electrons. The fourth-order valence-corrected chi connectivity index (χ4v) is 2.33. The van der Waals surface area contributed by atoms with Crippen LogP contribution < -0.4 is 0 Å². The maximum atomic E-state index is 10.5. The largest absolute Gasteiger partial charge is 0.457 e. The summed E-state index contributed by atoms with van der Waals surface area (Å²) in [5.74, 6) is 0.368. The zero-order valence-corrected chi connectivity index (χ0v) is 15.0. The molecule has 1 rings (SSSR count). The molecule has 0 aromatic rings. The van der Waals surface area contributed by atoms with Crippen LogP contribution in [-0.2, 0) is 9.53 Å². The van der Waals surface area contributed by atoms with Gasteiger partial charge in [-0.1, -0.05) is 31.6 Å². The molecule has 0 heterocycles. The van der Waals surface area contributed by atoms with E-state index in [0.29, 0.717) is 0 Å². The molecule has 3 heteroatoms. The number of carbonyl (C=O) groups is 1. The minimum atomic E-state index is -0.398. The highest BCUT2D eigenvalue weighted by atomic mass is 16.6. The molecule has 128 valence electrons. The first-order valence-electron chi connectivity index (χ1n) is 8.37. The van der Waals surface area contributed by atoms with E-state index in [0.717, 1.165) is 31.3 Å². The summed E-state index contributed by atoms with van der Waals surface area (Å²) in [5.41, 5.74) is 1.09. The number of allylic oxidation sites excluding steroid dienone is 2. The highest BCUT2D eigenvalue weighted by molar-refractivity contribution is 5.81. The third-order valence-corrected chi connectivity index (χ3v) is 3.69. The van der Waals surface area contributed by atoms with E-state index in [1.165, 1.54) is 24.8 Å². The first kappa shape index (κ1) is 20.9. The van der Waals surface area contributed by atoms with Crippen LogP contribution >= 0.6 is 0 Å². The van der Waals surface area contributed by atoms with Crippen LogP contribution in [0.2, 0.25) is 0 Å². The average Bonchev–Trinajstić information content (AvgIpc) is 2.43. The maximum absolute atomic E-state index is 10.5. The second-order valence-electron chi connectivity index (χ2n) is 7.06. The summed E-state index contributed by atoms with van der Waals surface area (Å²) in [5, 5.41) is 9.48. The number of ether oxygens (including phenoxy) is 1. The van der Waals surface area contributed by atoms with Gasteiger partial charge >= 0.3 is 5.97 Å². The molecule has 0 aliphatic heterocycles. The lowest BCUT2D eigenvalue weighted by Gasteiger charge is -2.24. The zero-order valence-electron chi connectivity index (χ0n) is 15.0. The molecular formula is C19H34O3. The molecule has 1 aliphatic carbocycles. The molecule has 0 unspecified atom stereocenters. The Labute approximate surface area is 136 Å². The average molecular weight is 310 g/mol. The van der Waals surface area contributed by atoms with Gasteiger partial charge in [-0.2, -0.15) is 0 Å². The number of aliphatic hydroxyl groups excluding tert-OH is 1. The van der Waals surface area contributed by atoms with E-state index >= 15 is 0 Å². The van der Waals surface area contributed by atoms with Crippen LogP contribution in [0.4, 0.5) is 0 Å². The summed E-state index contributed by atoms with van der Waals surface area (Å²) < 4.78 is 4.83. The molecule has 2 atom stereocenters. The fourth-order valence-electron chi connectivity index (χ4n) is 2.33. The number of carbonyl (C=O) groups excluding carboxylic acids is 1. The smallest absolute Gasteiger partial charge is 0.330 e. The Hall–Kier alpha value is -1.09. The van der Waals surface area contributed by atoms with Crippen molar-refractivity contribution in [3.05, 3.63) is 24.3 Å². The molecular weight excluding hydrogens is 276 g/mol. The minimum absolute atomic E-state index is 0.0194. The van der Waals surface area contributed by atoms with E-state index in [1.54, 1.807) is 0 Å². The van der Waals surface area contributed by atoms with Gasteiger partial charge in [0, 0.05) is 6.08 Å². The lowest BCUT2D eigenvalue weighted by Crippen LogP contribution is -2.22. The first-order valence-corrected chi connectivity index (χ1v) is 8.37. The van der Waals surface area contributed by atoms with Crippen LogP contribution in [-0.4, -0.2) is 22.8 Å². The van der Waals surface area contributed by atoms with Crippen LogP contribution in [0.3, 0.4) is 0 Å². The summed E-state index contributed by atoms with van der Waals surface area (Å²) in [6.45, 7) is 13.1. The van der Waals surface area contributed by atoms with Gasteiger partial charge in [0.1, 0.15) is 5.60 Å². The van der Waals surface area contributed by atoms with Crippen molar-refractivity contribution in [2.45, 2.75) is 84.8 Å². The van der Waals surface area contributed by atoms with Gasteiger partial charge in [0.15, 0.2) is 0 Å². The molecule has 1 N–H and O–H groups in total. The highest BCUT2D eigenvalue weighted by Gasteiger charge is 2.18. The number of aliphatic hydroxyl groups is 1. The number of hydrogen-bond acceptors (Lipinski definition) is 3. The van der Waals surface area contributed by atoms with Gasteiger partial charge in [0.2, 0.25) is 0 Å². The van der Waals surface area contributed by atoms with Crippen LogP contribution in [0, 0.1) is 5.92 Å². The lowest BCUT2D eigenvalue weighted by molar-refractivity contribution is -0.148. The molecule has 0 amide bonds.